The molecule has 0 spiro atoms. The lowest BCUT2D eigenvalue weighted by Gasteiger charge is -1.99. The first-order chi connectivity index (χ1) is 3.92. The largest absolute Gasteiger partial charge is 0.465 e. The molecule has 0 fully saturated rings. The zero-order chi connectivity index (χ0) is 7.49. The van der Waals surface area contributed by atoms with Gasteiger partial charge in [0.25, 0.3) is 0 Å². The molecule has 53 valence electrons. The number of hydrogen-bond donors (Lipinski definition) is 4. The van der Waals surface area contributed by atoms with Crippen LogP contribution in [0.1, 0.15) is 0 Å². The zero-order valence-electron chi connectivity index (χ0n) is 4.18. The maximum absolute atomic E-state index is 9.85. The van der Waals surface area contributed by atoms with Crippen LogP contribution in [0.25, 0.3) is 0 Å². The van der Waals surface area contributed by atoms with E-state index in [1.54, 1.807) is 0 Å². The molecule has 0 saturated carbocycles. The lowest BCUT2D eigenvalue weighted by atomic mass is 11.1. The van der Waals surface area contributed by atoms with E-state index >= 15 is 0 Å². The number of carboxylic acid groups (broad SMARTS) is 1. The summed E-state index contributed by atoms with van der Waals surface area (Å²) >= 11 is 0. The van der Waals surface area contributed by atoms with Crippen molar-refractivity contribution in [2.24, 2.45) is 0 Å². The second-order valence-corrected chi connectivity index (χ2v) is 2.60. The monoisotopic (exact) mass is 154 g/mol. The molecular weight excluding hydrogens is 149 g/mol. The Hall–Kier alpha value is -0.580. The molecule has 1 amide bonds. The standard InChI is InChI=1S/C2H5NO5P/c4-2(5)3-1-9(6,7)8/h1,3H,(H,4,5)(H2,6,7,8). The predicted octanol–water partition coefficient (Wildman–Crippen LogP) is -0.449. The molecule has 0 aromatic heterocycles. The minimum atomic E-state index is -4.34. The Balaban J connectivity index is 3.53. The Bertz CT molecular complexity index is 149. The number of rotatable bonds is 2. The van der Waals surface area contributed by atoms with Crippen LogP contribution in [0.2, 0.25) is 0 Å². The molecule has 0 heterocycles. The molecular formula is C2H5NO5P. The van der Waals surface area contributed by atoms with E-state index in [-0.39, 0.29) is 6.29 Å². The first-order valence-corrected chi connectivity index (χ1v) is 3.49. The van der Waals surface area contributed by atoms with Crippen molar-refractivity contribution in [1.29, 1.82) is 0 Å². The molecule has 0 bridgehead atoms. The summed E-state index contributed by atoms with van der Waals surface area (Å²) in [4.78, 5) is 25.6. The van der Waals surface area contributed by atoms with E-state index in [9.17, 15) is 9.36 Å². The van der Waals surface area contributed by atoms with E-state index in [2.05, 4.69) is 0 Å². The van der Waals surface area contributed by atoms with Gasteiger partial charge in [-0.25, -0.2) is 4.79 Å². The molecule has 0 saturated heterocycles. The fourth-order valence-corrected chi connectivity index (χ4v) is 0.418. The molecule has 0 unspecified atom stereocenters. The number of amides is 1. The molecule has 0 aliphatic carbocycles. The van der Waals surface area contributed by atoms with Crippen LogP contribution in [0.5, 0.6) is 0 Å². The van der Waals surface area contributed by atoms with Crippen LogP contribution in [0.4, 0.5) is 4.79 Å². The van der Waals surface area contributed by atoms with Crippen LogP contribution in [0.15, 0.2) is 0 Å². The van der Waals surface area contributed by atoms with Gasteiger partial charge in [-0.15, -0.1) is 0 Å². The smallest absolute Gasteiger partial charge is 0.405 e. The quantitative estimate of drug-likeness (QED) is 0.403. The van der Waals surface area contributed by atoms with Crippen LogP contribution in [-0.2, 0) is 4.57 Å². The lowest BCUT2D eigenvalue weighted by molar-refractivity contribution is 0.197. The molecule has 4 N–H and O–H groups in total. The van der Waals surface area contributed by atoms with Gasteiger partial charge in [-0.05, 0) is 0 Å². The van der Waals surface area contributed by atoms with E-state index < -0.39 is 13.7 Å². The highest BCUT2D eigenvalue weighted by molar-refractivity contribution is 7.54. The summed E-state index contributed by atoms with van der Waals surface area (Å²) in [7, 11) is -4.34. The summed E-state index contributed by atoms with van der Waals surface area (Å²) in [5.41, 5.74) is 0. The van der Waals surface area contributed by atoms with Crippen molar-refractivity contribution in [3.05, 3.63) is 6.29 Å². The number of nitrogens with one attached hydrogen (secondary N) is 1. The molecule has 0 aliphatic heterocycles. The highest BCUT2D eigenvalue weighted by Gasteiger charge is 2.14. The van der Waals surface area contributed by atoms with Crippen molar-refractivity contribution in [2.45, 2.75) is 0 Å². The van der Waals surface area contributed by atoms with Gasteiger partial charge in [-0.3, -0.25) is 4.57 Å². The second-order valence-electron chi connectivity index (χ2n) is 1.17. The molecule has 0 aromatic carbocycles. The lowest BCUT2D eigenvalue weighted by Crippen LogP contribution is -2.17. The van der Waals surface area contributed by atoms with Gasteiger partial charge in [0.05, 0.1) is 0 Å². The Labute approximate surface area is 50.7 Å². The molecule has 9 heavy (non-hydrogen) atoms. The van der Waals surface area contributed by atoms with E-state index in [4.69, 9.17) is 14.9 Å². The van der Waals surface area contributed by atoms with Gasteiger partial charge < -0.3 is 20.2 Å². The Kier molecular flexibility index (Phi) is 2.64. The van der Waals surface area contributed by atoms with Crippen molar-refractivity contribution in [3.8, 4) is 0 Å². The van der Waals surface area contributed by atoms with E-state index in [0.717, 1.165) is 0 Å². The fourth-order valence-electron chi connectivity index (χ4n) is 0.139. The van der Waals surface area contributed by atoms with Crippen molar-refractivity contribution >= 4 is 13.7 Å². The third-order valence-corrected chi connectivity index (χ3v) is 0.822. The summed E-state index contributed by atoms with van der Waals surface area (Å²) in [5.74, 6) is 0. The molecule has 0 aromatic rings. The normalized spacial score (nSPS) is 10.9. The summed E-state index contributed by atoms with van der Waals surface area (Å²) < 4.78 is 9.85. The van der Waals surface area contributed by atoms with Gasteiger partial charge in [0.2, 0.25) is 0 Å². The average Bonchev–Trinajstić information content (AvgIpc) is 1.59. The van der Waals surface area contributed by atoms with Crippen molar-refractivity contribution in [3.63, 3.8) is 0 Å². The van der Waals surface area contributed by atoms with E-state index in [1.807, 2.05) is 0 Å². The van der Waals surface area contributed by atoms with Gasteiger partial charge in [0.15, 0.2) is 6.29 Å². The fraction of sp³-hybridized carbons (Fsp3) is 0. The summed E-state index contributed by atoms with van der Waals surface area (Å²) in [6.07, 6.45) is -1.30. The molecule has 7 heteroatoms. The zero-order valence-corrected chi connectivity index (χ0v) is 5.08. The van der Waals surface area contributed by atoms with E-state index in [1.165, 1.54) is 5.32 Å². The SMILES string of the molecule is O=C(O)N[CH]P(=O)(O)O. The maximum atomic E-state index is 9.85. The third-order valence-electron chi connectivity index (χ3n) is 0.356. The summed E-state index contributed by atoms with van der Waals surface area (Å²) in [5, 5.41) is 9.21. The maximum Gasteiger partial charge on any atom is 0.405 e. The van der Waals surface area contributed by atoms with Crippen LogP contribution in [0, 0.1) is 6.29 Å². The van der Waals surface area contributed by atoms with Gasteiger partial charge >= 0.3 is 13.7 Å². The van der Waals surface area contributed by atoms with Crippen molar-refractivity contribution in [2.75, 3.05) is 0 Å². The number of hydrogen-bond acceptors (Lipinski definition) is 2. The van der Waals surface area contributed by atoms with Gasteiger partial charge in [0, 0.05) is 0 Å². The van der Waals surface area contributed by atoms with Gasteiger partial charge in [-0.2, -0.15) is 0 Å². The van der Waals surface area contributed by atoms with Crippen molar-refractivity contribution in [1.82, 2.24) is 5.32 Å². The van der Waals surface area contributed by atoms with Crippen LogP contribution < -0.4 is 5.32 Å². The molecule has 0 aliphatic rings. The topological polar surface area (TPSA) is 107 Å². The Morgan fingerprint density at radius 2 is 2.00 bits per heavy atom. The predicted molar refractivity (Wildman–Crippen MR) is 27.5 cm³/mol. The summed E-state index contributed by atoms with van der Waals surface area (Å²) in [6, 6.07) is 0. The molecule has 6 nitrogen and oxygen atoms in total. The highest BCUT2D eigenvalue weighted by Crippen LogP contribution is 2.35. The second kappa shape index (κ2) is 2.82. The van der Waals surface area contributed by atoms with Gasteiger partial charge in [0.1, 0.15) is 0 Å². The minimum absolute atomic E-state index is 0.204. The number of carbonyl (C=O) groups is 1. The van der Waals surface area contributed by atoms with Crippen molar-refractivity contribution < 1.29 is 24.3 Å². The average molecular weight is 154 g/mol. The molecule has 0 rings (SSSR count). The Morgan fingerprint density at radius 3 is 2.11 bits per heavy atom. The molecule has 0 atom stereocenters. The minimum Gasteiger partial charge on any atom is -0.465 e. The van der Waals surface area contributed by atoms with Crippen LogP contribution >= 0.6 is 7.60 Å². The molecule has 1 radical (unpaired) electrons. The van der Waals surface area contributed by atoms with E-state index in [0.29, 0.717) is 0 Å². The highest BCUT2D eigenvalue weighted by atomic mass is 31.2. The van der Waals surface area contributed by atoms with Crippen LogP contribution in [-0.4, -0.2) is 21.0 Å². The third kappa shape index (κ3) is 7.42. The Morgan fingerprint density at radius 1 is 1.56 bits per heavy atom. The van der Waals surface area contributed by atoms with Crippen LogP contribution in [0.3, 0.4) is 0 Å². The van der Waals surface area contributed by atoms with Gasteiger partial charge in [-0.1, -0.05) is 0 Å². The first-order valence-electron chi connectivity index (χ1n) is 1.81. The summed E-state index contributed by atoms with van der Waals surface area (Å²) in [6.45, 7) is 0. The first kappa shape index (κ1) is 8.42.